The number of aryl methyl sites for hydroxylation is 1. The van der Waals surface area contributed by atoms with Crippen LogP contribution in [0.2, 0.25) is 0 Å². The van der Waals surface area contributed by atoms with E-state index in [4.69, 9.17) is 0 Å². The first-order valence-electron chi connectivity index (χ1n) is 6.88. The average Bonchev–Trinajstić information content (AvgIpc) is 2.75. The quantitative estimate of drug-likeness (QED) is 0.742. The summed E-state index contributed by atoms with van der Waals surface area (Å²) < 4.78 is 3.25. The van der Waals surface area contributed by atoms with Crippen molar-refractivity contribution >= 4 is 21.7 Å². The molecule has 0 bridgehead atoms. The molecule has 1 aliphatic rings. The Morgan fingerprint density at radius 3 is 2.70 bits per heavy atom. The van der Waals surface area contributed by atoms with Gasteiger partial charge in [0.2, 0.25) is 0 Å². The number of carbonyl (C=O) groups is 1. The van der Waals surface area contributed by atoms with E-state index in [9.17, 15) is 4.79 Å². The predicted octanol–water partition coefficient (Wildman–Crippen LogP) is 4.70. The summed E-state index contributed by atoms with van der Waals surface area (Å²) in [7, 11) is 0. The van der Waals surface area contributed by atoms with Crippen LogP contribution in [0.4, 0.5) is 0 Å². The molecule has 0 unspecified atom stereocenters. The summed E-state index contributed by atoms with van der Waals surface area (Å²) in [6.45, 7) is 6.41. The number of benzene rings is 1. The third kappa shape index (κ3) is 2.14. The molecule has 1 aliphatic carbocycles. The molecule has 0 aliphatic heterocycles. The van der Waals surface area contributed by atoms with Gasteiger partial charge in [-0.15, -0.1) is 0 Å². The third-order valence-electron chi connectivity index (χ3n) is 4.01. The molecule has 1 aromatic carbocycles. The second-order valence-corrected chi connectivity index (χ2v) is 7.19. The summed E-state index contributed by atoms with van der Waals surface area (Å²) in [4.78, 5) is 12.3. The largest absolute Gasteiger partial charge is 0.319 e. The number of hydrogen-bond donors (Lipinski definition) is 0. The van der Waals surface area contributed by atoms with Crippen molar-refractivity contribution in [2.45, 2.75) is 33.6 Å². The summed E-state index contributed by atoms with van der Waals surface area (Å²) in [5.41, 5.74) is 4.37. The van der Waals surface area contributed by atoms with Crippen LogP contribution in [0.15, 0.2) is 34.9 Å². The SMILES string of the molecule is Cc1cccc(-n2ccc3c2CC(C)(C)CC3=O)c1Br. The number of carbonyl (C=O) groups excluding carboxylic acids is 1. The highest BCUT2D eigenvalue weighted by Crippen LogP contribution is 2.37. The summed E-state index contributed by atoms with van der Waals surface area (Å²) >= 11 is 3.67. The Kier molecular flexibility index (Phi) is 3.13. The normalized spacial score (nSPS) is 17.1. The van der Waals surface area contributed by atoms with Crippen LogP contribution in [0.3, 0.4) is 0 Å². The van der Waals surface area contributed by atoms with Crippen LogP contribution in [-0.2, 0) is 6.42 Å². The third-order valence-corrected chi connectivity index (χ3v) is 5.04. The maximum Gasteiger partial charge on any atom is 0.165 e. The molecule has 3 heteroatoms. The molecule has 0 amide bonds. The molecule has 104 valence electrons. The zero-order valence-electron chi connectivity index (χ0n) is 12.0. The van der Waals surface area contributed by atoms with Crippen LogP contribution < -0.4 is 0 Å². The number of hydrogen-bond acceptors (Lipinski definition) is 1. The smallest absolute Gasteiger partial charge is 0.165 e. The number of aromatic nitrogens is 1. The van der Waals surface area contributed by atoms with Crippen molar-refractivity contribution in [3.8, 4) is 5.69 Å². The van der Waals surface area contributed by atoms with Gasteiger partial charge >= 0.3 is 0 Å². The molecule has 0 fully saturated rings. The lowest BCUT2D eigenvalue weighted by atomic mass is 9.76. The van der Waals surface area contributed by atoms with Gasteiger partial charge in [-0.05, 0) is 52.4 Å². The van der Waals surface area contributed by atoms with E-state index < -0.39 is 0 Å². The van der Waals surface area contributed by atoms with Crippen LogP contribution in [0.1, 0.15) is 41.9 Å². The highest BCUT2D eigenvalue weighted by molar-refractivity contribution is 9.10. The van der Waals surface area contributed by atoms with Crippen LogP contribution in [0.5, 0.6) is 0 Å². The van der Waals surface area contributed by atoms with E-state index in [1.165, 1.54) is 5.56 Å². The number of Topliss-reactive ketones (excluding diaryl/α,β-unsaturated/α-hetero) is 1. The van der Waals surface area contributed by atoms with Crippen molar-refractivity contribution < 1.29 is 4.79 Å². The van der Waals surface area contributed by atoms with E-state index in [1.807, 2.05) is 12.3 Å². The Hall–Kier alpha value is -1.35. The van der Waals surface area contributed by atoms with Crippen LogP contribution >= 0.6 is 15.9 Å². The van der Waals surface area contributed by atoms with Crippen molar-refractivity contribution in [2.75, 3.05) is 0 Å². The lowest BCUT2D eigenvalue weighted by Crippen LogP contribution is -2.27. The first-order chi connectivity index (χ1) is 9.39. The minimum absolute atomic E-state index is 0.0382. The molecule has 1 heterocycles. The van der Waals surface area contributed by atoms with Crippen LogP contribution in [0.25, 0.3) is 5.69 Å². The molecule has 0 radical (unpaired) electrons. The van der Waals surface area contributed by atoms with Crippen molar-refractivity contribution in [3.63, 3.8) is 0 Å². The molecule has 0 saturated heterocycles. The van der Waals surface area contributed by atoms with Crippen molar-refractivity contribution in [2.24, 2.45) is 5.41 Å². The Labute approximate surface area is 127 Å². The Balaban J connectivity index is 2.19. The molecule has 2 nitrogen and oxygen atoms in total. The molecule has 3 rings (SSSR count). The van der Waals surface area contributed by atoms with E-state index in [0.29, 0.717) is 6.42 Å². The zero-order chi connectivity index (χ0) is 14.5. The first-order valence-corrected chi connectivity index (χ1v) is 7.67. The Morgan fingerprint density at radius 1 is 1.20 bits per heavy atom. The van der Waals surface area contributed by atoms with E-state index in [1.54, 1.807) is 0 Å². The van der Waals surface area contributed by atoms with Gasteiger partial charge in [0.05, 0.1) is 5.69 Å². The van der Waals surface area contributed by atoms with Crippen LogP contribution in [-0.4, -0.2) is 10.4 Å². The maximum absolute atomic E-state index is 12.3. The predicted molar refractivity (Wildman–Crippen MR) is 84.6 cm³/mol. The number of halogens is 1. The topological polar surface area (TPSA) is 22.0 Å². The average molecular weight is 332 g/mol. The fourth-order valence-corrected chi connectivity index (χ4v) is 3.44. The van der Waals surface area contributed by atoms with Gasteiger partial charge in [0.15, 0.2) is 5.78 Å². The van der Waals surface area contributed by atoms with E-state index >= 15 is 0 Å². The number of ketones is 1. The molecule has 0 N–H and O–H groups in total. The highest BCUT2D eigenvalue weighted by Gasteiger charge is 2.33. The van der Waals surface area contributed by atoms with E-state index in [-0.39, 0.29) is 11.2 Å². The highest BCUT2D eigenvalue weighted by atomic mass is 79.9. The molecular formula is C17H18BrNO. The van der Waals surface area contributed by atoms with Gasteiger partial charge in [0, 0.05) is 28.3 Å². The number of rotatable bonds is 1. The summed E-state index contributed by atoms with van der Waals surface area (Å²) in [6, 6.07) is 8.18. The zero-order valence-corrected chi connectivity index (χ0v) is 13.6. The van der Waals surface area contributed by atoms with E-state index in [0.717, 1.165) is 27.8 Å². The molecule has 1 aromatic heterocycles. The maximum atomic E-state index is 12.3. The molecule has 0 saturated carbocycles. The second kappa shape index (κ2) is 4.59. The molecular weight excluding hydrogens is 314 g/mol. The molecule has 20 heavy (non-hydrogen) atoms. The first kappa shape index (κ1) is 13.6. The summed E-state index contributed by atoms with van der Waals surface area (Å²) in [5.74, 6) is 0.263. The fourth-order valence-electron chi connectivity index (χ4n) is 2.99. The molecule has 2 aromatic rings. The lowest BCUT2D eigenvalue weighted by Gasteiger charge is -2.30. The summed E-state index contributed by atoms with van der Waals surface area (Å²) in [6.07, 6.45) is 3.59. The number of fused-ring (bicyclic) bond motifs is 1. The Morgan fingerprint density at radius 2 is 1.95 bits per heavy atom. The van der Waals surface area contributed by atoms with Gasteiger partial charge in [-0.3, -0.25) is 4.79 Å². The van der Waals surface area contributed by atoms with Gasteiger partial charge in [-0.2, -0.15) is 0 Å². The van der Waals surface area contributed by atoms with Crippen molar-refractivity contribution in [3.05, 3.63) is 51.8 Å². The van der Waals surface area contributed by atoms with Gasteiger partial charge < -0.3 is 4.57 Å². The Bertz CT molecular complexity index is 697. The molecule has 0 spiro atoms. The van der Waals surface area contributed by atoms with Crippen molar-refractivity contribution in [1.82, 2.24) is 4.57 Å². The van der Waals surface area contributed by atoms with Gasteiger partial charge in [0.1, 0.15) is 0 Å². The minimum atomic E-state index is 0.0382. The fraction of sp³-hybridized carbons (Fsp3) is 0.353. The number of nitrogens with zero attached hydrogens (tertiary/aromatic N) is 1. The standard InChI is InChI=1S/C17H18BrNO/c1-11-5-4-6-13(16(11)18)19-8-7-12-14(19)9-17(2,3)10-15(12)20/h4-8H,9-10H2,1-3H3. The van der Waals surface area contributed by atoms with Gasteiger partial charge in [0.25, 0.3) is 0 Å². The van der Waals surface area contributed by atoms with Gasteiger partial charge in [-0.1, -0.05) is 26.0 Å². The van der Waals surface area contributed by atoms with Crippen molar-refractivity contribution in [1.29, 1.82) is 0 Å². The lowest BCUT2D eigenvalue weighted by molar-refractivity contribution is 0.0911. The minimum Gasteiger partial charge on any atom is -0.319 e. The summed E-state index contributed by atoms with van der Waals surface area (Å²) in [5, 5.41) is 0. The molecule has 0 atom stereocenters. The van der Waals surface area contributed by atoms with Crippen LogP contribution in [0, 0.1) is 12.3 Å². The second-order valence-electron chi connectivity index (χ2n) is 6.40. The monoisotopic (exact) mass is 331 g/mol. The van der Waals surface area contributed by atoms with E-state index in [2.05, 4.69) is 59.5 Å². The van der Waals surface area contributed by atoms with Gasteiger partial charge in [-0.25, -0.2) is 0 Å².